The Balaban J connectivity index is 2.39. The molecule has 1 aliphatic heterocycles. The SMILES string of the molecule is CCOc1cc2c(cc1NS(=O)(=O)CC)OC(C)C2. The van der Waals surface area contributed by atoms with E-state index >= 15 is 0 Å². The Bertz CT molecular complexity index is 568. The van der Waals surface area contributed by atoms with Crippen LogP contribution in [0.5, 0.6) is 11.5 Å². The quantitative estimate of drug-likeness (QED) is 0.900. The van der Waals surface area contributed by atoms with Gasteiger partial charge in [-0.15, -0.1) is 0 Å². The van der Waals surface area contributed by atoms with Gasteiger partial charge in [0.15, 0.2) is 0 Å². The van der Waals surface area contributed by atoms with Crippen LogP contribution in [0.25, 0.3) is 0 Å². The molecule has 0 aromatic heterocycles. The van der Waals surface area contributed by atoms with Gasteiger partial charge in [-0.1, -0.05) is 0 Å². The summed E-state index contributed by atoms with van der Waals surface area (Å²) in [4.78, 5) is 0. The molecule has 0 bridgehead atoms. The zero-order chi connectivity index (χ0) is 14.0. The van der Waals surface area contributed by atoms with Gasteiger partial charge in [-0.3, -0.25) is 4.72 Å². The topological polar surface area (TPSA) is 64.6 Å². The smallest absolute Gasteiger partial charge is 0.232 e. The zero-order valence-corrected chi connectivity index (χ0v) is 12.2. The summed E-state index contributed by atoms with van der Waals surface area (Å²) in [5, 5.41) is 0. The summed E-state index contributed by atoms with van der Waals surface area (Å²) in [6.45, 7) is 5.92. The highest BCUT2D eigenvalue weighted by molar-refractivity contribution is 7.92. The molecule has 1 heterocycles. The van der Waals surface area contributed by atoms with Crippen molar-refractivity contribution in [2.45, 2.75) is 33.3 Å². The molecule has 19 heavy (non-hydrogen) atoms. The van der Waals surface area contributed by atoms with E-state index in [0.29, 0.717) is 18.0 Å². The number of nitrogens with one attached hydrogen (secondary N) is 1. The maximum absolute atomic E-state index is 11.7. The molecule has 0 saturated heterocycles. The summed E-state index contributed by atoms with van der Waals surface area (Å²) in [6.07, 6.45) is 0.929. The standard InChI is InChI=1S/C13H19NO4S/c1-4-17-13-7-10-6-9(3)18-12(10)8-11(13)14-19(15,16)5-2/h7-9,14H,4-6H2,1-3H3. The van der Waals surface area contributed by atoms with Gasteiger partial charge in [0.1, 0.15) is 17.6 Å². The molecule has 0 fully saturated rings. The van der Waals surface area contributed by atoms with E-state index in [9.17, 15) is 8.42 Å². The van der Waals surface area contributed by atoms with Crippen LogP contribution in [0, 0.1) is 0 Å². The number of fused-ring (bicyclic) bond motifs is 1. The molecule has 0 aliphatic carbocycles. The number of ether oxygens (including phenoxy) is 2. The average molecular weight is 285 g/mol. The van der Waals surface area contributed by atoms with E-state index in [1.807, 2.05) is 19.9 Å². The monoisotopic (exact) mass is 285 g/mol. The molecule has 106 valence electrons. The van der Waals surface area contributed by atoms with Crippen molar-refractivity contribution in [2.24, 2.45) is 0 Å². The van der Waals surface area contributed by atoms with Crippen molar-refractivity contribution < 1.29 is 17.9 Å². The molecule has 5 nitrogen and oxygen atoms in total. The van der Waals surface area contributed by atoms with Crippen molar-refractivity contribution in [3.05, 3.63) is 17.7 Å². The summed E-state index contributed by atoms with van der Waals surface area (Å²) in [5.41, 5.74) is 1.49. The van der Waals surface area contributed by atoms with E-state index < -0.39 is 10.0 Å². The lowest BCUT2D eigenvalue weighted by Gasteiger charge is -2.13. The minimum Gasteiger partial charge on any atom is -0.492 e. The Morgan fingerprint density at radius 1 is 1.42 bits per heavy atom. The van der Waals surface area contributed by atoms with Gasteiger partial charge in [0.05, 0.1) is 18.0 Å². The van der Waals surface area contributed by atoms with Crippen molar-refractivity contribution in [2.75, 3.05) is 17.1 Å². The first-order valence-electron chi connectivity index (χ1n) is 6.42. The largest absolute Gasteiger partial charge is 0.492 e. The highest BCUT2D eigenvalue weighted by Crippen LogP contribution is 2.38. The third-order valence-electron chi connectivity index (χ3n) is 2.94. The first-order valence-corrected chi connectivity index (χ1v) is 8.07. The molecule has 6 heteroatoms. The third kappa shape index (κ3) is 3.12. The highest BCUT2D eigenvalue weighted by Gasteiger charge is 2.23. The van der Waals surface area contributed by atoms with Crippen LogP contribution in [0.3, 0.4) is 0 Å². The van der Waals surface area contributed by atoms with Crippen LogP contribution >= 0.6 is 0 Å². The Morgan fingerprint density at radius 3 is 2.79 bits per heavy atom. The third-order valence-corrected chi connectivity index (χ3v) is 4.23. The zero-order valence-electron chi connectivity index (χ0n) is 11.4. The number of benzene rings is 1. The van der Waals surface area contributed by atoms with Crippen LogP contribution < -0.4 is 14.2 Å². The van der Waals surface area contributed by atoms with Gasteiger partial charge in [-0.2, -0.15) is 0 Å². The van der Waals surface area contributed by atoms with Gasteiger partial charge in [0.25, 0.3) is 0 Å². The molecule has 0 spiro atoms. The molecule has 1 unspecified atom stereocenters. The second-order valence-electron chi connectivity index (χ2n) is 4.53. The van der Waals surface area contributed by atoms with Gasteiger partial charge in [0, 0.05) is 18.1 Å². The maximum Gasteiger partial charge on any atom is 0.232 e. The van der Waals surface area contributed by atoms with Crippen LogP contribution in [0.1, 0.15) is 26.3 Å². The summed E-state index contributed by atoms with van der Waals surface area (Å²) in [7, 11) is -3.33. The molecule has 0 saturated carbocycles. The first kappa shape index (κ1) is 14.0. The van der Waals surface area contributed by atoms with E-state index in [1.54, 1.807) is 13.0 Å². The second-order valence-corrected chi connectivity index (χ2v) is 6.54. The van der Waals surface area contributed by atoms with Gasteiger partial charge in [0.2, 0.25) is 10.0 Å². The van der Waals surface area contributed by atoms with Crippen LogP contribution in [-0.2, 0) is 16.4 Å². The molecular weight excluding hydrogens is 266 g/mol. The predicted octanol–water partition coefficient (Wildman–Crippen LogP) is 2.17. The van der Waals surface area contributed by atoms with Gasteiger partial charge in [-0.25, -0.2) is 8.42 Å². The summed E-state index contributed by atoms with van der Waals surface area (Å²) in [5.74, 6) is 1.30. The van der Waals surface area contributed by atoms with Gasteiger partial charge in [-0.05, 0) is 26.8 Å². The van der Waals surface area contributed by atoms with Crippen molar-refractivity contribution in [3.8, 4) is 11.5 Å². The minimum atomic E-state index is -3.33. The Kier molecular flexibility index (Phi) is 3.89. The number of anilines is 1. The van der Waals surface area contributed by atoms with E-state index in [-0.39, 0.29) is 11.9 Å². The highest BCUT2D eigenvalue weighted by atomic mass is 32.2. The van der Waals surface area contributed by atoms with E-state index in [1.165, 1.54) is 0 Å². The Hall–Kier alpha value is -1.43. The lowest BCUT2D eigenvalue weighted by atomic mass is 10.1. The molecule has 1 aromatic rings. The fourth-order valence-corrected chi connectivity index (χ4v) is 2.67. The molecule has 0 amide bonds. The Morgan fingerprint density at radius 2 is 2.16 bits per heavy atom. The number of sulfonamides is 1. The van der Waals surface area contributed by atoms with Crippen LogP contribution in [0.15, 0.2) is 12.1 Å². The summed E-state index contributed by atoms with van der Waals surface area (Å²) < 4.78 is 37.0. The summed E-state index contributed by atoms with van der Waals surface area (Å²) >= 11 is 0. The second kappa shape index (κ2) is 5.28. The molecule has 1 aliphatic rings. The molecule has 2 rings (SSSR count). The van der Waals surface area contributed by atoms with E-state index in [2.05, 4.69) is 4.72 Å². The van der Waals surface area contributed by atoms with Crippen molar-refractivity contribution in [3.63, 3.8) is 0 Å². The number of hydrogen-bond donors (Lipinski definition) is 1. The van der Waals surface area contributed by atoms with Crippen molar-refractivity contribution >= 4 is 15.7 Å². The van der Waals surface area contributed by atoms with Crippen molar-refractivity contribution in [1.82, 2.24) is 0 Å². The lowest BCUT2D eigenvalue weighted by molar-refractivity contribution is 0.254. The van der Waals surface area contributed by atoms with Crippen LogP contribution in [0.2, 0.25) is 0 Å². The van der Waals surface area contributed by atoms with E-state index in [4.69, 9.17) is 9.47 Å². The fraction of sp³-hybridized carbons (Fsp3) is 0.538. The molecule has 1 atom stereocenters. The molecule has 0 radical (unpaired) electrons. The minimum absolute atomic E-state index is 0.0207. The lowest BCUT2D eigenvalue weighted by Crippen LogP contribution is -2.15. The van der Waals surface area contributed by atoms with E-state index in [0.717, 1.165) is 17.7 Å². The van der Waals surface area contributed by atoms with Crippen LogP contribution in [-0.4, -0.2) is 26.9 Å². The van der Waals surface area contributed by atoms with Crippen molar-refractivity contribution in [1.29, 1.82) is 0 Å². The van der Waals surface area contributed by atoms with Gasteiger partial charge >= 0.3 is 0 Å². The van der Waals surface area contributed by atoms with Crippen LogP contribution in [0.4, 0.5) is 5.69 Å². The molecule has 1 aromatic carbocycles. The first-order chi connectivity index (χ1) is 8.95. The number of hydrogen-bond acceptors (Lipinski definition) is 4. The molecule has 1 N–H and O–H groups in total. The normalized spacial score (nSPS) is 17.7. The summed E-state index contributed by atoms with van der Waals surface area (Å²) in [6, 6.07) is 3.56. The maximum atomic E-state index is 11.7. The van der Waals surface area contributed by atoms with Gasteiger partial charge < -0.3 is 9.47 Å². The fourth-order valence-electron chi connectivity index (χ4n) is 2.03. The average Bonchev–Trinajstić information content (AvgIpc) is 2.69. The molecular formula is C13H19NO4S. The predicted molar refractivity (Wildman–Crippen MR) is 74.5 cm³/mol. The Labute approximate surface area is 114 Å². The number of rotatable bonds is 5.